The summed E-state index contributed by atoms with van der Waals surface area (Å²) in [7, 11) is 0. The number of benzene rings is 1. The summed E-state index contributed by atoms with van der Waals surface area (Å²) >= 11 is 0. The van der Waals surface area contributed by atoms with Gasteiger partial charge in [0.25, 0.3) is 0 Å². The van der Waals surface area contributed by atoms with Crippen LogP contribution in [0.25, 0.3) is 0 Å². The first-order valence-corrected chi connectivity index (χ1v) is 6.10. The van der Waals surface area contributed by atoms with E-state index in [1.807, 2.05) is 24.4 Å². The predicted octanol–water partition coefficient (Wildman–Crippen LogP) is 2.86. The summed E-state index contributed by atoms with van der Waals surface area (Å²) < 4.78 is 13.3. The topological polar surface area (TPSA) is 24.9 Å². The molecule has 0 fully saturated rings. The van der Waals surface area contributed by atoms with Crippen LogP contribution in [0.4, 0.5) is 4.39 Å². The average molecular weight is 244 g/mol. The van der Waals surface area contributed by atoms with Crippen molar-refractivity contribution in [3.8, 4) is 0 Å². The molecule has 0 aliphatic rings. The standard InChI is InChI=1S/C15H17FN2/c1-12-4-5-14(9-15(12)16)11-18-8-6-13-3-2-7-17-10-13/h2-5,7,9-10,18H,6,8,11H2,1H3. The van der Waals surface area contributed by atoms with Gasteiger partial charge in [-0.25, -0.2) is 4.39 Å². The maximum absolute atomic E-state index is 13.3. The average Bonchev–Trinajstić information content (AvgIpc) is 2.40. The molecule has 0 aliphatic heterocycles. The fraction of sp³-hybridized carbons (Fsp3) is 0.267. The van der Waals surface area contributed by atoms with E-state index in [1.54, 1.807) is 19.2 Å². The zero-order valence-electron chi connectivity index (χ0n) is 10.5. The number of pyridine rings is 1. The van der Waals surface area contributed by atoms with Crippen LogP contribution in [0.15, 0.2) is 42.7 Å². The van der Waals surface area contributed by atoms with E-state index in [1.165, 1.54) is 5.56 Å². The van der Waals surface area contributed by atoms with E-state index >= 15 is 0 Å². The van der Waals surface area contributed by atoms with Gasteiger partial charge in [0.2, 0.25) is 0 Å². The first kappa shape index (κ1) is 12.7. The van der Waals surface area contributed by atoms with Crippen molar-refractivity contribution in [3.05, 3.63) is 65.2 Å². The summed E-state index contributed by atoms with van der Waals surface area (Å²) in [5.74, 6) is -0.137. The molecule has 0 aliphatic carbocycles. The summed E-state index contributed by atoms with van der Waals surface area (Å²) in [5, 5.41) is 3.30. The van der Waals surface area contributed by atoms with Crippen LogP contribution in [-0.4, -0.2) is 11.5 Å². The van der Waals surface area contributed by atoms with E-state index < -0.39 is 0 Å². The van der Waals surface area contributed by atoms with E-state index in [9.17, 15) is 4.39 Å². The highest BCUT2D eigenvalue weighted by Crippen LogP contribution is 2.08. The van der Waals surface area contributed by atoms with Crippen molar-refractivity contribution < 1.29 is 4.39 Å². The molecule has 0 unspecified atom stereocenters. The van der Waals surface area contributed by atoms with E-state index in [4.69, 9.17) is 0 Å². The molecule has 1 aromatic heterocycles. The van der Waals surface area contributed by atoms with Gasteiger partial charge < -0.3 is 5.32 Å². The number of rotatable bonds is 5. The number of aromatic nitrogens is 1. The van der Waals surface area contributed by atoms with Gasteiger partial charge in [-0.3, -0.25) is 4.98 Å². The summed E-state index contributed by atoms with van der Waals surface area (Å²) in [4.78, 5) is 4.07. The first-order chi connectivity index (χ1) is 8.75. The molecule has 94 valence electrons. The maximum Gasteiger partial charge on any atom is 0.126 e. The van der Waals surface area contributed by atoms with Crippen molar-refractivity contribution in [3.63, 3.8) is 0 Å². The van der Waals surface area contributed by atoms with Crippen LogP contribution in [-0.2, 0) is 13.0 Å². The number of hydrogen-bond acceptors (Lipinski definition) is 2. The summed E-state index contributed by atoms with van der Waals surface area (Å²) in [6.45, 7) is 3.33. The maximum atomic E-state index is 13.3. The molecule has 2 rings (SSSR count). The molecule has 0 atom stereocenters. The lowest BCUT2D eigenvalue weighted by Crippen LogP contribution is -2.16. The Hall–Kier alpha value is -1.74. The zero-order valence-corrected chi connectivity index (χ0v) is 10.5. The third-order valence-corrected chi connectivity index (χ3v) is 2.88. The highest BCUT2D eigenvalue weighted by molar-refractivity contribution is 5.23. The van der Waals surface area contributed by atoms with Crippen LogP contribution >= 0.6 is 0 Å². The lowest BCUT2D eigenvalue weighted by Gasteiger charge is -2.06. The summed E-state index contributed by atoms with van der Waals surface area (Å²) in [5.41, 5.74) is 2.87. The zero-order chi connectivity index (χ0) is 12.8. The number of hydrogen-bond donors (Lipinski definition) is 1. The lowest BCUT2D eigenvalue weighted by atomic mass is 10.1. The minimum absolute atomic E-state index is 0.137. The van der Waals surface area contributed by atoms with Gasteiger partial charge in [0, 0.05) is 18.9 Å². The molecule has 0 saturated carbocycles. The molecule has 1 aromatic carbocycles. The molecular weight excluding hydrogens is 227 g/mol. The molecule has 3 heteroatoms. The third-order valence-electron chi connectivity index (χ3n) is 2.88. The quantitative estimate of drug-likeness (QED) is 0.818. The molecule has 0 spiro atoms. The number of nitrogens with one attached hydrogen (secondary N) is 1. The minimum atomic E-state index is -0.137. The second kappa shape index (κ2) is 6.26. The smallest absolute Gasteiger partial charge is 0.126 e. The predicted molar refractivity (Wildman–Crippen MR) is 70.8 cm³/mol. The van der Waals surface area contributed by atoms with E-state index in [0.29, 0.717) is 12.1 Å². The van der Waals surface area contributed by atoms with Gasteiger partial charge in [-0.1, -0.05) is 18.2 Å². The molecule has 0 radical (unpaired) electrons. The van der Waals surface area contributed by atoms with Gasteiger partial charge >= 0.3 is 0 Å². The van der Waals surface area contributed by atoms with Crippen molar-refractivity contribution in [2.24, 2.45) is 0 Å². The van der Waals surface area contributed by atoms with Gasteiger partial charge in [0.05, 0.1) is 0 Å². The van der Waals surface area contributed by atoms with Crippen molar-refractivity contribution in [1.82, 2.24) is 10.3 Å². The molecule has 1 N–H and O–H groups in total. The summed E-state index contributed by atoms with van der Waals surface area (Å²) in [6, 6.07) is 9.35. The van der Waals surface area contributed by atoms with Crippen LogP contribution in [0.3, 0.4) is 0 Å². The Morgan fingerprint density at radius 3 is 2.83 bits per heavy atom. The fourth-order valence-electron chi connectivity index (χ4n) is 1.76. The van der Waals surface area contributed by atoms with E-state index in [-0.39, 0.29) is 5.82 Å². The highest BCUT2D eigenvalue weighted by atomic mass is 19.1. The number of aryl methyl sites for hydroxylation is 1. The monoisotopic (exact) mass is 244 g/mol. The van der Waals surface area contributed by atoms with Gasteiger partial charge in [0.1, 0.15) is 5.82 Å². The minimum Gasteiger partial charge on any atom is -0.312 e. The van der Waals surface area contributed by atoms with E-state index in [0.717, 1.165) is 18.5 Å². The van der Waals surface area contributed by atoms with Gasteiger partial charge in [-0.2, -0.15) is 0 Å². The van der Waals surface area contributed by atoms with E-state index in [2.05, 4.69) is 16.4 Å². The Morgan fingerprint density at radius 2 is 2.11 bits per heavy atom. The Labute approximate surface area is 107 Å². The van der Waals surface area contributed by atoms with Crippen molar-refractivity contribution in [2.45, 2.75) is 19.9 Å². The molecule has 0 bridgehead atoms. The third kappa shape index (κ3) is 3.64. The van der Waals surface area contributed by atoms with Crippen LogP contribution in [0.5, 0.6) is 0 Å². The van der Waals surface area contributed by atoms with Gasteiger partial charge in [0.15, 0.2) is 0 Å². The Kier molecular flexibility index (Phi) is 4.42. The highest BCUT2D eigenvalue weighted by Gasteiger charge is 1.99. The van der Waals surface area contributed by atoms with Crippen molar-refractivity contribution in [2.75, 3.05) is 6.54 Å². The molecule has 2 nitrogen and oxygen atoms in total. The molecule has 2 aromatic rings. The van der Waals surface area contributed by atoms with Crippen LogP contribution < -0.4 is 5.32 Å². The molecule has 0 saturated heterocycles. The molecule has 18 heavy (non-hydrogen) atoms. The first-order valence-electron chi connectivity index (χ1n) is 6.10. The fourth-order valence-corrected chi connectivity index (χ4v) is 1.76. The molecular formula is C15H17FN2. The number of halogens is 1. The largest absolute Gasteiger partial charge is 0.312 e. The molecule has 0 amide bonds. The van der Waals surface area contributed by atoms with Gasteiger partial charge in [-0.15, -0.1) is 0 Å². The van der Waals surface area contributed by atoms with Gasteiger partial charge in [-0.05, 0) is 48.7 Å². The van der Waals surface area contributed by atoms with Crippen LogP contribution in [0.1, 0.15) is 16.7 Å². The number of nitrogens with zero attached hydrogens (tertiary/aromatic N) is 1. The van der Waals surface area contributed by atoms with Crippen molar-refractivity contribution >= 4 is 0 Å². The normalized spacial score (nSPS) is 10.6. The Bertz CT molecular complexity index is 497. The molecule has 1 heterocycles. The van der Waals surface area contributed by atoms with Crippen LogP contribution in [0.2, 0.25) is 0 Å². The Balaban J connectivity index is 1.77. The second-order valence-corrected chi connectivity index (χ2v) is 4.37. The lowest BCUT2D eigenvalue weighted by molar-refractivity contribution is 0.611. The SMILES string of the molecule is Cc1ccc(CNCCc2cccnc2)cc1F. The van der Waals surface area contributed by atoms with Crippen LogP contribution in [0, 0.1) is 12.7 Å². The second-order valence-electron chi connectivity index (χ2n) is 4.37. The van der Waals surface area contributed by atoms with Crippen molar-refractivity contribution in [1.29, 1.82) is 0 Å². The Morgan fingerprint density at radius 1 is 1.22 bits per heavy atom. The summed E-state index contributed by atoms with van der Waals surface area (Å²) in [6.07, 6.45) is 4.57.